The Morgan fingerprint density at radius 2 is 2.11 bits per heavy atom. The van der Waals surface area contributed by atoms with Crippen molar-refractivity contribution < 1.29 is 9.53 Å². The molecule has 1 amide bonds. The van der Waals surface area contributed by atoms with Crippen LogP contribution in [-0.2, 0) is 14.9 Å². The Hall–Kier alpha value is -1.79. The Labute approximate surface area is 166 Å². The molecule has 7 heteroatoms. The van der Waals surface area contributed by atoms with Gasteiger partial charge < -0.3 is 20.3 Å². The van der Waals surface area contributed by atoms with E-state index in [0.29, 0.717) is 11.9 Å². The second-order valence-corrected chi connectivity index (χ2v) is 8.08. The third-order valence-corrected chi connectivity index (χ3v) is 5.68. The molecule has 1 atom stereocenters. The zero-order valence-corrected chi connectivity index (χ0v) is 16.9. The Kier molecular flexibility index (Phi) is 6.60. The smallest absolute Gasteiger partial charge is 0.243 e. The van der Waals surface area contributed by atoms with E-state index >= 15 is 0 Å². The van der Waals surface area contributed by atoms with E-state index in [2.05, 4.69) is 21.7 Å². The molecule has 148 valence electrons. The minimum Gasteiger partial charge on any atom is -0.381 e. The molecular weight excluding hydrogens is 364 g/mol. The van der Waals surface area contributed by atoms with E-state index < -0.39 is 0 Å². The van der Waals surface area contributed by atoms with Gasteiger partial charge in [0.2, 0.25) is 5.91 Å². The summed E-state index contributed by atoms with van der Waals surface area (Å²) in [5, 5.41) is 7.63. The molecule has 1 saturated heterocycles. The Bertz CT molecular complexity index is 682. The van der Waals surface area contributed by atoms with E-state index in [0.717, 1.165) is 50.6 Å². The highest BCUT2D eigenvalue weighted by Crippen LogP contribution is 2.49. The van der Waals surface area contributed by atoms with Crippen LogP contribution in [0.2, 0.25) is 5.02 Å². The van der Waals surface area contributed by atoms with Gasteiger partial charge in [0.15, 0.2) is 5.96 Å². The first-order valence-electron chi connectivity index (χ1n) is 9.55. The minimum absolute atomic E-state index is 0.0208. The van der Waals surface area contributed by atoms with Crippen LogP contribution in [0.4, 0.5) is 0 Å². The van der Waals surface area contributed by atoms with E-state index in [1.165, 1.54) is 5.56 Å². The van der Waals surface area contributed by atoms with E-state index in [4.69, 9.17) is 16.3 Å². The maximum absolute atomic E-state index is 11.9. The summed E-state index contributed by atoms with van der Waals surface area (Å²) >= 11 is 6.41. The molecule has 6 nitrogen and oxygen atoms in total. The predicted octanol–water partition coefficient (Wildman–Crippen LogP) is 2.03. The lowest BCUT2D eigenvalue weighted by molar-refractivity contribution is -0.127. The average Bonchev–Trinajstić information content (AvgIpc) is 3.25. The van der Waals surface area contributed by atoms with Crippen molar-refractivity contribution in [2.45, 2.75) is 24.7 Å². The van der Waals surface area contributed by atoms with Crippen LogP contribution in [0, 0.1) is 5.92 Å². The van der Waals surface area contributed by atoms with Crippen LogP contribution in [0.5, 0.6) is 0 Å². The summed E-state index contributed by atoms with van der Waals surface area (Å²) < 4.78 is 5.44. The van der Waals surface area contributed by atoms with Gasteiger partial charge in [0.1, 0.15) is 6.54 Å². The highest BCUT2D eigenvalue weighted by Gasteiger charge is 2.45. The Morgan fingerprint density at radius 3 is 2.74 bits per heavy atom. The first-order chi connectivity index (χ1) is 13.0. The summed E-state index contributed by atoms with van der Waals surface area (Å²) in [6.45, 7) is 3.27. The normalized spacial score (nSPS) is 21.0. The number of hydrogen-bond acceptors (Lipinski definition) is 3. The molecule has 2 N–H and O–H groups in total. The lowest BCUT2D eigenvalue weighted by atomic mass is 9.96. The molecule has 1 aliphatic carbocycles. The lowest BCUT2D eigenvalue weighted by Crippen LogP contribution is -2.43. The molecule has 1 aromatic rings. The number of carbonyl (C=O) groups excluding carboxylic acids is 1. The van der Waals surface area contributed by atoms with Crippen LogP contribution in [0.3, 0.4) is 0 Å². The largest absolute Gasteiger partial charge is 0.381 e. The van der Waals surface area contributed by atoms with Crippen molar-refractivity contribution >= 4 is 23.5 Å². The number of likely N-dealkylation sites (N-methyl/N-ethyl adjacent to an activating group) is 1. The molecule has 1 aliphatic heterocycles. The average molecular weight is 393 g/mol. The van der Waals surface area contributed by atoms with Crippen LogP contribution in [0.15, 0.2) is 29.3 Å². The van der Waals surface area contributed by atoms with E-state index in [1.54, 1.807) is 19.0 Å². The second-order valence-electron chi connectivity index (χ2n) is 7.68. The zero-order chi connectivity index (χ0) is 19.3. The highest BCUT2D eigenvalue weighted by atomic mass is 35.5. The van der Waals surface area contributed by atoms with Gasteiger partial charge >= 0.3 is 0 Å². The standard InChI is InChI=1S/C20H29ClN4O2/c1-25(2)18(26)12-23-19(22-11-15-7-10-27-13-15)24-14-20(8-9-20)16-5-3-4-6-17(16)21/h3-6,15H,7-14H2,1-2H3,(H2,22,23,24). The number of hydrogen-bond donors (Lipinski definition) is 2. The number of ether oxygens (including phenoxy) is 1. The predicted molar refractivity (Wildman–Crippen MR) is 108 cm³/mol. The number of guanidine groups is 1. The molecule has 1 unspecified atom stereocenters. The van der Waals surface area contributed by atoms with Crippen molar-refractivity contribution in [1.29, 1.82) is 0 Å². The summed E-state index contributed by atoms with van der Waals surface area (Å²) in [4.78, 5) is 17.9. The summed E-state index contributed by atoms with van der Waals surface area (Å²) in [6.07, 6.45) is 3.26. The van der Waals surface area contributed by atoms with Gasteiger partial charge in [0, 0.05) is 50.1 Å². The fraction of sp³-hybridized carbons (Fsp3) is 0.600. The summed E-state index contributed by atoms with van der Waals surface area (Å²) in [5.74, 6) is 1.14. The van der Waals surface area contributed by atoms with Gasteiger partial charge in [-0.1, -0.05) is 29.8 Å². The van der Waals surface area contributed by atoms with Crippen molar-refractivity contribution in [2.24, 2.45) is 10.9 Å². The zero-order valence-electron chi connectivity index (χ0n) is 16.1. The number of aliphatic imine (C=N–C) groups is 1. The lowest BCUT2D eigenvalue weighted by Gasteiger charge is -2.21. The molecule has 0 radical (unpaired) electrons. The number of carbonyl (C=O) groups is 1. The highest BCUT2D eigenvalue weighted by molar-refractivity contribution is 6.31. The number of amides is 1. The Balaban J connectivity index is 1.62. The topological polar surface area (TPSA) is 66.0 Å². The Morgan fingerprint density at radius 1 is 1.33 bits per heavy atom. The SMILES string of the molecule is CN(C)C(=O)CN=C(NCC1CCOC1)NCC1(c2ccccc2Cl)CC1. The molecule has 27 heavy (non-hydrogen) atoms. The fourth-order valence-corrected chi connectivity index (χ4v) is 3.62. The monoisotopic (exact) mass is 392 g/mol. The number of benzene rings is 1. The molecule has 2 fully saturated rings. The fourth-order valence-electron chi connectivity index (χ4n) is 3.28. The van der Waals surface area contributed by atoms with Crippen molar-refractivity contribution in [3.63, 3.8) is 0 Å². The first kappa shape index (κ1) is 20.0. The molecule has 2 aliphatic rings. The minimum atomic E-state index is -0.0208. The maximum Gasteiger partial charge on any atom is 0.243 e. The van der Waals surface area contributed by atoms with Crippen molar-refractivity contribution in [3.8, 4) is 0 Å². The number of nitrogens with one attached hydrogen (secondary N) is 2. The van der Waals surface area contributed by atoms with Crippen molar-refractivity contribution in [2.75, 3.05) is 46.9 Å². The second kappa shape index (κ2) is 8.93. The molecule has 0 aromatic heterocycles. The number of rotatable bonds is 7. The molecular formula is C20H29ClN4O2. The molecule has 1 saturated carbocycles. The summed E-state index contributed by atoms with van der Waals surface area (Å²) in [5.41, 5.74) is 1.25. The van der Waals surface area contributed by atoms with Crippen molar-refractivity contribution in [3.05, 3.63) is 34.9 Å². The van der Waals surface area contributed by atoms with Gasteiger partial charge in [-0.05, 0) is 30.9 Å². The van der Waals surface area contributed by atoms with Gasteiger partial charge in [-0.25, -0.2) is 4.99 Å². The number of halogens is 1. The molecule has 3 rings (SSSR count). The quantitative estimate of drug-likeness (QED) is 0.550. The third-order valence-electron chi connectivity index (χ3n) is 5.35. The van der Waals surface area contributed by atoms with E-state index in [9.17, 15) is 4.79 Å². The molecule has 0 bridgehead atoms. The van der Waals surface area contributed by atoms with Crippen LogP contribution in [0.1, 0.15) is 24.8 Å². The van der Waals surface area contributed by atoms with Gasteiger partial charge in [0.05, 0.1) is 6.61 Å². The van der Waals surface area contributed by atoms with Crippen LogP contribution < -0.4 is 10.6 Å². The molecule has 1 heterocycles. The van der Waals surface area contributed by atoms with E-state index in [1.807, 2.05) is 18.2 Å². The van der Waals surface area contributed by atoms with Crippen LogP contribution in [0.25, 0.3) is 0 Å². The van der Waals surface area contributed by atoms with Gasteiger partial charge in [-0.3, -0.25) is 4.79 Å². The van der Waals surface area contributed by atoms with Gasteiger partial charge in [-0.15, -0.1) is 0 Å². The van der Waals surface area contributed by atoms with Crippen molar-refractivity contribution in [1.82, 2.24) is 15.5 Å². The summed E-state index contributed by atoms with van der Waals surface area (Å²) in [7, 11) is 3.48. The molecule has 1 aromatic carbocycles. The van der Waals surface area contributed by atoms with Gasteiger partial charge in [0.25, 0.3) is 0 Å². The van der Waals surface area contributed by atoms with Gasteiger partial charge in [-0.2, -0.15) is 0 Å². The van der Waals surface area contributed by atoms with Crippen LogP contribution >= 0.6 is 11.6 Å². The summed E-state index contributed by atoms with van der Waals surface area (Å²) in [6, 6.07) is 8.04. The molecule has 0 spiro atoms. The maximum atomic E-state index is 11.9. The third kappa shape index (κ3) is 5.36. The van der Waals surface area contributed by atoms with Crippen LogP contribution in [-0.4, -0.2) is 63.7 Å². The van der Waals surface area contributed by atoms with E-state index in [-0.39, 0.29) is 17.9 Å². The number of nitrogens with zero attached hydrogens (tertiary/aromatic N) is 2. The first-order valence-corrected chi connectivity index (χ1v) is 9.93.